The van der Waals surface area contributed by atoms with Crippen LogP contribution < -0.4 is 5.32 Å². The monoisotopic (exact) mass is 352 g/mol. The molecular formula is C18H28N2O3S. The molecule has 1 fully saturated rings. The van der Waals surface area contributed by atoms with Crippen LogP contribution in [0, 0.1) is 5.92 Å². The summed E-state index contributed by atoms with van der Waals surface area (Å²) in [4.78, 5) is 12.5. The first-order chi connectivity index (χ1) is 11.3. The number of amides is 1. The lowest BCUT2D eigenvalue weighted by Gasteiger charge is -2.20. The summed E-state index contributed by atoms with van der Waals surface area (Å²) in [5, 5.41) is 2.93. The van der Waals surface area contributed by atoms with Crippen LogP contribution in [0.3, 0.4) is 0 Å². The molecule has 0 unspecified atom stereocenters. The molecule has 1 aromatic rings. The number of nitrogens with one attached hydrogen (secondary N) is 1. The van der Waals surface area contributed by atoms with Crippen molar-refractivity contribution >= 4 is 15.9 Å². The summed E-state index contributed by atoms with van der Waals surface area (Å²) >= 11 is 0. The van der Waals surface area contributed by atoms with Crippen molar-refractivity contribution < 1.29 is 13.2 Å². The lowest BCUT2D eigenvalue weighted by molar-refractivity contribution is 0.0930. The van der Waals surface area contributed by atoms with Gasteiger partial charge in [0, 0.05) is 24.7 Å². The van der Waals surface area contributed by atoms with Gasteiger partial charge in [-0.1, -0.05) is 26.7 Å². The van der Waals surface area contributed by atoms with Crippen LogP contribution in [0.2, 0.25) is 0 Å². The molecule has 1 aliphatic rings. The first kappa shape index (κ1) is 18.9. The van der Waals surface area contributed by atoms with E-state index in [1.807, 2.05) is 20.8 Å². The van der Waals surface area contributed by atoms with Crippen molar-refractivity contribution in [2.24, 2.45) is 5.92 Å². The highest BCUT2D eigenvalue weighted by molar-refractivity contribution is 7.89. The molecule has 134 valence electrons. The van der Waals surface area contributed by atoms with Crippen molar-refractivity contribution in [3.05, 3.63) is 29.8 Å². The predicted molar refractivity (Wildman–Crippen MR) is 95.4 cm³/mol. The minimum absolute atomic E-state index is 0.0676. The van der Waals surface area contributed by atoms with Crippen molar-refractivity contribution in [1.82, 2.24) is 9.62 Å². The summed E-state index contributed by atoms with van der Waals surface area (Å²) in [5.41, 5.74) is 0.484. The van der Waals surface area contributed by atoms with E-state index < -0.39 is 10.0 Å². The second kappa shape index (κ2) is 8.12. The van der Waals surface area contributed by atoms with Gasteiger partial charge in [-0.3, -0.25) is 4.79 Å². The van der Waals surface area contributed by atoms with E-state index in [2.05, 4.69) is 5.32 Å². The number of nitrogens with zero attached hydrogens (tertiary/aromatic N) is 1. The largest absolute Gasteiger partial charge is 0.349 e. The average Bonchev–Trinajstić information content (AvgIpc) is 2.84. The Labute approximate surface area is 145 Å². The van der Waals surface area contributed by atoms with Gasteiger partial charge in [0.1, 0.15) is 0 Å². The van der Waals surface area contributed by atoms with Crippen LogP contribution in [-0.4, -0.2) is 37.8 Å². The second-order valence-electron chi connectivity index (χ2n) is 6.85. The Hall–Kier alpha value is -1.40. The molecule has 0 radical (unpaired) electrons. The van der Waals surface area contributed by atoms with Crippen molar-refractivity contribution in [2.75, 3.05) is 13.1 Å². The fourth-order valence-electron chi connectivity index (χ4n) is 2.67. The number of benzene rings is 1. The van der Waals surface area contributed by atoms with E-state index in [0.29, 0.717) is 24.6 Å². The second-order valence-corrected chi connectivity index (χ2v) is 8.79. The molecule has 6 heteroatoms. The third kappa shape index (κ3) is 4.57. The van der Waals surface area contributed by atoms with Gasteiger partial charge in [0.2, 0.25) is 10.0 Å². The molecule has 1 aromatic carbocycles. The quantitative estimate of drug-likeness (QED) is 0.886. The Bertz CT molecular complexity index is 645. The van der Waals surface area contributed by atoms with Crippen molar-refractivity contribution in [3.63, 3.8) is 0 Å². The summed E-state index contributed by atoms with van der Waals surface area (Å²) < 4.78 is 27.0. The Morgan fingerprint density at radius 1 is 1.00 bits per heavy atom. The minimum atomic E-state index is -3.46. The predicted octanol–water partition coefficient (Wildman–Crippen LogP) is 3.03. The molecular weight excluding hydrogens is 324 g/mol. The van der Waals surface area contributed by atoms with Crippen LogP contribution in [0.1, 0.15) is 56.8 Å². The molecule has 1 heterocycles. The van der Waals surface area contributed by atoms with Crippen LogP contribution >= 0.6 is 0 Å². The molecule has 0 saturated carbocycles. The molecule has 0 bridgehead atoms. The molecule has 1 atom stereocenters. The third-order valence-electron chi connectivity index (χ3n) is 4.68. The van der Waals surface area contributed by atoms with Gasteiger partial charge in [-0.15, -0.1) is 0 Å². The molecule has 1 N–H and O–H groups in total. The zero-order chi connectivity index (χ0) is 17.7. The van der Waals surface area contributed by atoms with E-state index in [-0.39, 0.29) is 16.8 Å². The molecule has 1 saturated heterocycles. The van der Waals surface area contributed by atoms with Crippen LogP contribution in [0.15, 0.2) is 29.2 Å². The van der Waals surface area contributed by atoms with Gasteiger partial charge in [0.25, 0.3) is 5.91 Å². The highest BCUT2D eigenvalue weighted by atomic mass is 32.2. The first-order valence-electron chi connectivity index (χ1n) is 8.73. The normalized spacial score (nSPS) is 18.2. The van der Waals surface area contributed by atoms with Gasteiger partial charge < -0.3 is 5.32 Å². The van der Waals surface area contributed by atoms with Gasteiger partial charge in [-0.05, 0) is 49.9 Å². The summed E-state index contributed by atoms with van der Waals surface area (Å²) in [6.07, 6.45) is 3.98. The van der Waals surface area contributed by atoms with E-state index in [1.165, 1.54) is 12.1 Å². The van der Waals surface area contributed by atoms with Crippen LogP contribution in [-0.2, 0) is 10.0 Å². The Kier molecular flexibility index (Phi) is 6.40. The Balaban J connectivity index is 2.11. The van der Waals surface area contributed by atoms with Gasteiger partial charge in [0.15, 0.2) is 0 Å². The van der Waals surface area contributed by atoms with E-state index in [1.54, 1.807) is 16.4 Å². The average molecular weight is 353 g/mol. The van der Waals surface area contributed by atoms with Gasteiger partial charge in [0.05, 0.1) is 4.90 Å². The van der Waals surface area contributed by atoms with E-state index >= 15 is 0 Å². The fraction of sp³-hybridized carbons (Fsp3) is 0.611. The standard InChI is InChI=1S/C18H28N2O3S/c1-14(2)15(3)19-18(21)16-8-10-17(11-9-16)24(22,23)20-12-6-4-5-7-13-20/h8-11,14-15H,4-7,12-13H2,1-3H3,(H,19,21)/t15-/m0/s1. The highest BCUT2D eigenvalue weighted by Gasteiger charge is 2.25. The van der Waals surface area contributed by atoms with Crippen LogP contribution in [0.5, 0.6) is 0 Å². The van der Waals surface area contributed by atoms with Crippen LogP contribution in [0.25, 0.3) is 0 Å². The fourth-order valence-corrected chi connectivity index (χ4v) is 4.18. The topological polar surface area (TPSA) is 66.5 Å². The summed E-state index contributed by atoms with van der Waals surface area (Å²) in [6, 6.07) is 6.32. The van der Waals surface area contributed by atoms with Gasteiger partial charge in [-0.25, -0.2) is 8.42 Å². The first-order valence-corrected chi connectivity index (χ1v) is 10.2. The Morgan fingerprint density at radius 2 is 1.54 bits per heavy atom. The zero-order valence-corrected chi connectivity index (χ0v) is 15.6. The lowest BCUT2D eigenvalue weighted by Crippen LogP contribution is -2.36. The maximum absolute atomic E-state index is 12.7. The van der Waals surface area contributed by atoms with E-state index in [0.717, 1.165) is 25.7 Å². The SMILES string of the molecule is CC(C)[C@H](C)NC(=O)c1ccc(S(=O)(=O)N2CCCCCC2)cc1. The minimum Gasteiger partial charge on any atom is -0.349 e. The molecule has 5 nitrogen and oxygen atoms in total. The van der Waals surface area contributed by atoms with Crippen molar-refractivity contribution in [3.8, 4) is 0 Å². The maximum atomic E-state index is 12.7. The number of sulfonamides is 1. The number of carbonyl (C=O) groups is 1. The van der Waals surface area contributed by atoms with E-state index in [4.69, 9.17) is 0 Å². The van der Waals surface area contributed by atoms with Crippen LogP contribution in [0.4, 0.5) is 0 Å². The number of rotatable bonds is 5. The van der Waals surface area contributed by atoms with Crippen molar-refractivity contribution in [1.29, 1.82) is 0 Å². The van der Waals surface area contributed by atoms with E-state index in [9.17, 15) is 13.2 Å². The lowest BCUT2D eigenvalue weighted by atomic mass is 10.1. The maximum Gasteiger partial charge on any atom is 0.251 e. The van der Waals surface area contributed by atoms with Crippen molar-refractivity contribution in [2.45, 2.75) is 57.4 Å². The molecule has 2 rings (SSSR count). The van der Waals surface area contributed by atoms with Gasteiger partial charge in [-0.2, -0.15) is 4.31 Å². The Morgan fingerprint density at radius 3 is 2.04 bits per heavy atom. The summed E-state index contributed by atoms with van der Waals surface area (Å²) in [5.74, 6) is 0.173. The summed E-state index contributed by atoms with van der Waals surface area (Å²) in [6.45, 7) is 7.21. The third-order valence-corrected chi connectivity index (χ3v) is 6.59. The molecule has 0 aromatic heterocycles. The molecule has 24 heavy (non-hydrogen) atoms. The number of hydrogen-bond acceptors (Lipinski definition) is 3. The van der Waals surface area contributed by atoms with Gasteiger partial charge >= 0.3 is 0 Å². The molecule has 0 aliphatic carbocycles. The molecule has 0 spiro atoms. The highest BCUT2D eigenvalue weighted by Crippen LogP contribution is 2.20. The zero-order valence-electron chi connectivity index (χ0n) is 14.8. The molecule has 1 aliphatic heterocycles. The number of hydrogen-bond donors (Lipinski definition) is 1. The number of carbonyl (C=O) groups excluding carboxylic acids is 1. The molecule has 1 amide bonds. The smallest absolute Gasteiger partial charge is 0.251 e. The summed E-state index contributed by atoms with van der Waals surface area (Å²) in [7, 11) is -3.46.